The monoisotopic (exact) mass is 189 g/mol. The molecule has 14 heavy (non-hydrogen) atoms. The van der Waals surface area contributed by atoms with Crippen LogP contribution in [-0.4, -0.2) is 12.1 Å². The van der Waals surface area contributed by atoms with Crippen molar-refractivity contribution in [1.82, 2.24) is 0 Å². The van der Waals surface area contributed by atoms with E-state index in [-0.39, 0.29) is 0 Å². The van der Waals surface area contributed by atoms with Crippen molar-refractivity contribution in [3.8, 4) is 0 Å². The zero-order valence-electron chi connectivity index (χ0n) is 9.33. The van der Waals surface area contributed by atoms with Crippen LogP contribution in [0.1, 0.15) is 32.3 Å². The van der Waals surface area contributed by atoms with Gasteiger partial charge in [0, 0.05) is 17.8 Å². The lowest BCUT2D eigenvalue weighted by Crippen LogP contribution is -2.32. The van der Waals surface area contributed by atoms with Crippen molar-refractivity contribution >= 4 is 5.69 Å². The highest BCUT2D eigenvalue weighted by atomic mass is 15.2. The second-order valence-corrected chi connectivity index (χ2v) is 4.47. The minimum absolute atomic E-state index is 0.700. The second-order valence-electron chi connectivity index (χ2n) is 4.47. The van der Waals surface area contributed by atoms with Gasteiger partial charge >= 0.3 is 0 Å². The minimum atomic E-state index is 0.700. The molecule has 1 aliphatic rings. The Bertz CT molecular complexity index is 309. The normalized spacial score (nSPS) is 26.9. The summed E-state index contributed by atoms with van der Waals surface area (Å²) >= 11 is 0. The molecule has 1 fully saturated rings. The van der Waals surface area contributed by atoms with Gasteiger partial charge in [0.2, 0.25) is 0 Å². The summed E-state index contributed by atoms with van der Waals surface area (Å²) in [5.41, 5.74) is 2.82. The average molecular weight is 189 g/mol. The fourth-order valence-electron chi connectivity index (χ4n) is 2.52. The molecular weight excluding hydrogens is 170 g/mol. The molecule has 1 heteroatoms. The van der Waals surface area contributed by atoms with E-state index in [2.05, 4.69) is 49.9 Å². The Balaban J connectivity index is 2.34. The van der Waals surface area contributed by atoms with E-state index in [1.165, 1.54) is 24.1 Å². The van der Waals surface area contributed by atoms with Crippen molar-refractivity contribution in [3.63, 3.8) is 0 Å². The smallest absolute Gasteiger partial charge is 0.0400 e. The van der Waals surface area contributed by atoms with E-state index in [1.54, 1.807) is 0 Å². The second kappa shape index (κ2) is 3.64. The summed E-state index contributed by atoms with van der Waals surface area (Å²) in [6, 6.07) is 10.1. The number of hydrogen-bond acceptors (Lipinski definition) is 1. The van der Waals surface area contributed by atoms with Crippen LogP contribution >= 0.6 is 0 Å². The van der Waals surface area contributed by atoms with Gasteiger partial charge < -0.3 is 4.90 Å². The standard InChI is InChI=1S/C13H19N/c1-10-6-4-5-7-13(10)14-11(2)8-9-12(14)3/h4-7,11-12H,8-9H2,1-3H3. The number of benzene rings is 1. The summed E-state index contributed by atoms with van der Waals surface area (Å²) in [5, 5.41) is 0. The van der Waals surface area contributed by atoms with Gasteiger partial charge in [0.1, 0.15) is 0 Å². The highest BCUT2D eigenvalue weighted by molar-refractivity contribution is 5.55. The van der Waals surface area contributed by atoms with Crippen LogP contribution in [0.4, 0.5) is 5.69 Å². The molecule has 1 heterocycles. The fourth-order valence-corrected chi connectivity index (χ4v) is 2.52. The highest BCUT2D eigenvalue weighted by Gasteiger charge is 2.27. The Labute approximate surface area is 86.7 Å². The molecule has 1 saturated heterocycles. The zero-order chi connectivity index (χ0) is 10.1. The number of para-hydroxylation sites is 1. The molecule has 0 aliphatic carbocycles. The SMILES string of the molecule is Cc1ccccc1N1C(C)CCC1C. The summed E-state index contributed by atoms with van der Waals surface area (Å²) in [6.45, 7) is 6.86. The third-order valence-electron chi connectivity index (χ3n) is 3.35. The van der Waals surface area contributed by atoms with Crippen molar-refractivity contribution in [2.75, 3.05) is 4.90 Å². The van der Waals surface area contributed by atoms with Crippen LogP contribution in [0.3, 0.4) is 0 Å². The number of aryl methyl sites for hydroxylation is 1. The molecule has 0 N–H and O–H groups in total. The zero-order valence-corrected chi connectivity index (χ0v) is 9.33. The predicted octanol–water partition coefficient (Wildman–Crippen LogP) is 3.37. The van der Waals surface area contributed by atoms with E-state index in [0.717, 1.165) is 0 Å². The Morgan fingerprint density at radius 1 is 1.07 bits per heavy atom. The summed E-state index contributed by atoms with van der Waals surface area (Å²) in [7, 11) is 0. The molecule has 1 nitrogen and oxygen atoms in total. The van der Waals surface area contributed by atoms with E-state index < -0.39 is 0 Å². The van der Waals surface area contributed by atoms with Crippen molar-refractivity contribution in [2.45, 2.75) is 45.7 Å². The van der Waals surface area contributed by atoms with Gasteiger partial charge in [-0.05, 0) is 45.2 Å². The van der Waals surface area contributed by atoms with Crippen LogP contribution in [-0.2, 0) is 0 Å². The number of nitrogens with zero attached hydrogens (tertiary/aromatic N) is 1. The van der Waals surface area contributed by atoms with Crippen LogP contribution in [0.25, 0.3) is 0 Å². The Morgan fingerprint density at radius 3 is 2.21 bits per heavy atom. The summed E-state index contributed by atoms with van der Waals surface area (Å²) in [5.74, 6) is 0. The minimum Gasteiger partial charge on any atom is -0.366 e. The summed E-state index contributed by atoms with van der Waals surface area (Å²) in [4.78, 5) is 2.56. The molecule has 76 valence electrons. The van der Waals surface area contributed by atoms with Crippen LogP contribution in [0.5, 0.6) is 0 Å². The molecule has 2 atom stereocenters. The van der Waals surface area contributed by atoms with Gasteiger partial charge in [0.05, 0.1) is 0 Å². The van der Waals surface area contributed by atoms with E-state index >= 15 is 0 Å². The summed E-state index contributed by atoms with van der Waals surface area (Å²) < 4.78 is 0. The third-order valence-corrected chi connectivity index (χ3v) is 3.35. The molecule has 2 unspecified atom stereocenters. The molecule has 0 amide bonds. The first-order chi connectivity index (χ1) is 6.70. The van der Waals surface area contributed by atoms with Crippen LogP contribution in [0.2, 0.25) is 0 Å². The lowest BCUT2D eigenvalue weighted by Gasteiger charge is -2.30. The first kappa shape index (κ1) is 9.57. The molecule has 0 aromatic heterocycles. The molecule has 0 bridgehead atoms. The number of rotatable bonds is 1. The number of anilines is 1. The van der Waals surface area contributed by atoms with Crippen molar-refractivity contribution < 1.29 is 0 Å². The maximum absolute atomic E-state index is 2.56. The molecule has 0 radical (unpaired) electrons. The van der Waals surface area contributed by atoms with Crippen LogP contribution in [0.15, 0.2) is 24.3 Å². The van der Waals surface area contributed by atoms with Gasteiger partial charge in [-0.15, -0.1) is 0 Å². The Morgan fingerprint density at radius 2 is 1.64 bits per heavy atom. The van der Waals surface area contributed by atoms with Crippen molar-refractivity contribution in [2.24, 2.45) is 0 Å². The molecule has 1 aromatic carbocycles. The van der Waals surface area contributed by atoms with E-state index in [9.17, 15) is 0 Å². The largest absolute Gasteiger partial charge is 0.366 e. The van der Waals surface area contributed by atoms with Gasteiger partial charge in [-0.2, -0.15) is 0 Å². The van der Waals surface area contributed by atoms with Gasteiger partial charge in [-0.1, -0.05) is 18.2 Å². The molecule has 1 aliphatic heterocycles. The maximum atomic E-state index is 2.56. The fraction of sp³-hybridized carbons (Fsp3) is 0.538. The van der Waals surface area contributed by atoms with Crippen LogP contribution < -0.4 is 4.90 Å². The van der Waals surface area contributed by atoms with Crippen molar-refractivity contribution in [3.05, 3.63) is 29.8 Å². The quantitative estimate of drug-likeness (QED) is 0.654. The lowest BCUT2D eigenvalue weighted by molar-refractivity contribution is 0.692. The molecule has 2 rings (SSSR count). The predicted molar refractivity (Wildman–Crippen MR) is 61.8 cm³/mol. The third kappa shape index (κ3) is 1.52. The first-order valence-corrected chi connectivity index (χ1v) is 5.54. The Hall–Kier alpha value is -0.980. The van der Waals surface area contributed by atoms with E-state index in [4.69, 9.17) is 0 Å². The molecule has 0 saturated carbocycles. The Kier molecular flexibility index (Phi) is 2.49. The van der Waals surface area contributed by atoms with Gasteiger partial charge in [0.25, 0.3) is 0 Å². The van der Waals surface area contributed by atoms with E-state index in [1.807, 2.05) is 0 Å². The van der Waals surface area contributed by atoms with Gasteiger partial charge in [0.15, 0.2) is 0 Å². The maximum Gasteiger partial charge on any atom is 0.0400 e. The highest BCUT2D eigenvalue weighted by Crippen LogP contribution is 2.31. The van der Waals surface area contributed by atoms with Gasteiger partial charge in [-0.25, -0.2) is 0 Å². The summed E-state index contributed by atoms with van der Waals surface area (Å²) in [6.07, 6.45) is 2.66. The topological polar surface area (TPSA) is 3.24 Å². The van der Waals surface area contributed by atoms with E-state index in [0.29, 0.717) is 12.1 Å². The number of hydrogen-bond donors (Lipinski definition) is 0. The van der Waals surface area contributed by atoms with Crippen LogP contribution in [0, 0.1) is 6.92 Å². The van der Waals surface area contributed by atoms with Gasteiger partial charge in [-0.3, -0.25) is 0 Å². The molecule has 0 spiro atoms. The molecular formula is C13H19N. The molecule has 1 aromatic rings. The average Bonchev–Trinajstić information content (AvgIpc) is 2.48. The lowest BCUT2D eigenvalue weighted by atomic mass is 10.1. The van der Waals surface area contributed by atoms with Crippen molar-refractivity contribution in [1.29, 1.82) is 0 Å². The first-order valence-electron chi connectivity index (χ1n) is 5.54.